The van der Waals surface area contributed by atoms with Gasteiger partial charge in [0.15, 0.2) is 0 Å². The lowest BCUT2D eigenvalue weighted by Crippen LogP contribution is -2.35. The number of aliphatic imine (C=N–C) groups is 1. The first-order valence-corrected chi connectivity index (χ1v) is 9.67. The van der Waals surface area contributed by atoms with E-state index in [0.717, 1.165) is 18.6 Å². The molecule has 0 amide bonds. The van der Waals surface area contributed by atoms with Gasteiger partial charge in [-0.2, -0.15) is 0 Å². The Kier molecular flexibility index (Phi) is 4.77. The molecule has 0 spiro atoms. The van der Waals surface area contributed by atoms with E-state index >= 15 is 0 Å². The van der Waals surface area contributed by atoms with E-state index in [1.807, 2.05) is 7.05 Å². The second kappa shape index (κ2) is 7.36. The van der Waals surface area contributed by atoms with Crippen LogP contribution in [0.25, 0.3) is 5.57 Å². The number of nitrogens with zero attached hydrogens (tertiary/aromatic N) is 1. The minimum absolute atomic E-state index is 0.350. The molecule has 0 radical (unpaired) electrons. The van der Waals surface area contributed by atoms with Crippen LogP contribution in [0.4, 0.5) is 0 Å². The van der Waals surface area contributed by atoms with Crippen LogP contribution in [-0.2, 0) is 5.41 Å². The Morgan fingerprint density at radius 1 is 0.963 bits per heavy atom. The maximum atomic E-state index is 4.88. The number of hydrogen-bond acceptors (Lipinski definition) is 1. The first-order valence-electron chi connectivity index (χ1n) is 9.67. The first-order chi connectivity index (χ1) is 13.3. The van der Waals surface area contributed by atoms with Crippen LogP contribution in [0.15, 0.2) is 102 Å². The molecule has 2 aromatic carbocycles. The van der Waals surface area contributed by atoms with Crippen LogP contribution < -0.4 is 0 Å². The number of rotatable bonds is 3. The van der Waals surface area contributed by atoms with Crippen molar-refractivity contribution in [2.24, 2.45) is 4.99 Å². The quantitative estimate of drug-likeness (QED) is 0.616. The molecule has 2 aliphatic carbocycles. The highest BCUT2D eigenvalue weighted by Crippen LogP contribution is 2.52. The van der Waals surface area contributed by atoms with Crippen LogP contribution in [0.2, 0.25) is 0 Å². The molecule has 1 atom stereocenters. The van der Waals surface area contributed by atoms with Crippen LogP contribution in [0, 0.1) is 0 Å². The molecular weight excluding hydrogens is 326 g/mol. The monoisotopic (exact) mass is 351 g/mol. The molecule has 4 rings (SSSR count). The highest BCUT2D eigenvalue weighted by Gasteiger charge is 2.49. The zero-order valence-electron chi connectivity index (χ0n) is 16.0. The lowest BCUT2D eigenvalue weighted by molar-refractivity contribution is 0.819. The van der Waals surface area contributed by atoms with Crippen molar-refractivity contribution in [3.8, 4) is 0 Å². The van der Waals surface area contributed by atoms with Gasteiger partial charge in [-0.1, -0.05) is 91.1 Å². The summed E-state index contributed by atoms with van der Waals surface area (Å²) in [5, 5.41) is 0. The summed E-state index contributed by atoms with van der Waals surface area (Å²) in [6, 6.07) is 19.6. The predicted octanol–water partition coefficient (Wildman–Crippen LogP) is 6.29. The summed E-state index contributed by atoms with van der Waals surface area (Å²) < 4.78 is 0. The Hall–Kier alpha value is -2.93. The van der Waals surface area contributed by atoms with Crippen LogP contribution in [0.3, 0.4) is 0 Å². The van der Waals surface area contributed by atoms with E-state index in [1.165, 1.54) is 27.8 Å². The Labute approximate surface area is 162 Å². The van der Waals surface area contributed by atoms with Crippen molar-refractivity contribution < 1.29 is 0 Å². The molecule has 0 aromatic heterocycles. The summed E-state index contributed by atoms with van der Waals surface area (Å²) in [7, 11) is 1.93. The van der Waals surface area contributed by atoms with Crippen LogP contribution in [-0.4, -0.2) is 12.8 Å². The Morgan fingerprint density at radius 2 is 1.74 bits per heavy atom. The van der Waals surface area contributed by atoms with Gasteiger partial charge in [0.2, 0.25) is 0 Å². The summed E-state index contributed by atoms with van der Waals surface area (Å²) in [5.41, 5.74) is 7.21. The fourth-order valence-electron chi connectivity index (χ4n) is 4.48. The molecule has 0 heterocycles. The molecular formula is C26H25N. The van der Waals surface area contributed by atoms with E-state index in [-0.39, 0.29) is 5.41 Å². The van der Waals surface area contributed by atoms with Crippen LogP contribution in [0.1, 0.15) is 36.5 Å². The highest BCUT2D eigenvalue weighted by molar-refractivity contribution is 6.35. The molecule has 0 aliphatic heterocycles. The molecule has 0 saturated carbocycles. The van der Waals surface area contributed by atoms with E-state index in [2.05, 4.69) is 98.0 Å². The lowest BCUT2D eigenvalue weighted by Gasteiger charge is -2.34. The third kappa shape index (κ3) is 2.66. The van der Waals surface area contributed by atoms with Gasteiger partial charge in [-0.3, -0.25) is 4.99 Å². The second-order valence-electron chi connectivity index (χ2n) is 6.98. The molecule has 1 heteroatoms. The fourth-order valence-corrected chi connectivity index (χ4v) is 4.48. The van der Waals surface area contributed by atoms with Crippen molar-refractivity contribution in [3.63, 3.8) is 0 Å². The number of fused-ring (bicyclic) bond motifs is 1. The average molecular weight is 351 g/mol. The molecule has 27 heavy (non-hydrogen) atoms. The van der Waals surface area contributed by atoms with E-state index in [4.69, 9.17) is 4.99 Å². The third-order valence-corrected chi connectivity index (χ3v) is 5.55. The molecule has 1 nitrogen and oxygen atoms in total. The van der Waals surface area contributed by atoms with Crippen molar-refractivity contribution >= 4 is 11.3 Å². The van der Waals surface area contributed by atoms with Gasteiger partial charge in [0.25, 0.3) is 0 Å². The van der Waals surface area contributed by atoms with Gasteiger partial charge in [-0.25, -0.2) is 0 Å². The zero-order chi connectivity index (χ0) is 18.7. The Balaban J connectivity index is 2.12. The first kappa shape index (κ1) is 17.5. The van der Waals surface area contributed by atoms with E-state index < -0.39 is 0 Å². The standard InChI is InChI=1S/C26H25N/c1-3-4-17-23-22-18-11-12-19-24(22)26(25(23)27-2,20-13-7-5-8-14-20)21-15-9-6-10-16-21/h3-5,7-9,11-19H,6,10H2,1-2H3/b4-3-,23-17?,27-25?. The van der Waals surface area contributed by atoms with Crippen LogP contribution in [0.5, 0.6) is 0 Å². The van der Waals surface area contributed by atoms with Crippen molar-refractivity contribution in [1.29, 1.82) is 0 Å². The van der Waals surface area contributed by atoms with Gasteiger partial charge in [0.1, 0.15) is 0 Å². The molecule has 0 saturated heterocycles. The smallest absolute Gasteiger partial charge is 0.0878 e. The molecule has 0 bridgehead atoms. The molecule has 134 valence electrons. The van der Waals surface area contributed by atoms with Gasteiger partial charge in [0.05, 0.1) is 11.1 Å². The Bertz CT molecular complexity index is 986. The van der Waals surface area contributed by atoms with Gasteiger partial charge in [-0.05, 0) is 42.0 Å². The number of hydrogen-bond donors (Lipinski definition) is 0. The number of allylic oxidation sites excluding steroid dienone is 8. The summed E-state index contributed by atoms with van der Waals surface area (Å²) in [6.45, 7) is 2.05. The maximum absolute atomic E-state index is 4.88. The highest BCUT2D eigenvalue weighted by atomic mass is 14.7. The van der Waals surface area contributed by atoms with Crippen LogP contribution >= 0.6 is 0 Å². The summed E-state index contributed by atoms with van der Waals surface area (Å²) >= 11 is 0. The summed E-state index contributed by atoms with van der Waals surface area (Å²) in [6.07, 6.45) is 15.6. The van der Waals surface area contributed by atoms with E-state index in [1.54, 1.807) is 0 Å². The van der Waals surface area contributed by atoms with Gasteiger partial charge >= 0.3 is 0 Å². The largest absolute Gasteiger partial charge is 0.291 e. The second-order valence-corrected chi connectivity index (χ2v) is 6.98. The van der Waals surface area contributed by atoms with Crippen molar-refractivity contribution in [2.75, 3.05) is 7.05 Å². The van der Waals surface area contributed by atoms with Crippen molar-refractivity contribution in [2.45, 2.75) is 25.2 Å². The van der Waals surface area contributed by atoms with Gasteiger partial charge < -0.3 is 0 Å². The zero-order valence-corrected chi connectivity index (χ0v) is 16.0. The minimum Gasteiger partial charge on any atom is -0.291 e. The molecule has 1 unspecified atom stereocenters. The predicted molar refractivity (Wildman–Crippen MR) is 116 cm³/mol. The van der Waals surface area contributed by atoms with E-state index in [0.29, 0.717) is 0 Å². The van der Waals surface area contributed by atoms with E-state index in [9.17, 15) is 0 Å². The lowest BCUT2D eigenvalue weighted by atomic mass is 9.67. The Morgan fingerprint density at radius 3 is 2.44 bits per heavy atom. The molecule has 0 fully saturated rings. The van der Waals surface area contributed by atoms with Gasteiger partial charge in [0, 0.05) is 12.6 Å². The topological polar surface area (TPSA) is 12.4 Å². The molecule has 0 N–H and O–H groups in total. The molecule has 2 aromatic rings. The number of benzene rings is 2. The molecule has 2 aliphatic rings. The van der Waals surface area contributed by atoms with Crippen molar-refractivity contribution in [1.82, 2.24) is 0 Å². The maximum Gasteiger partial charge on any atom is 0.0878 e. The summed E-state index contributed by atoms with van der Waals surface area (Å²) in [4.78, 5) is 4.88. The van der Waals surface area contributed by atoms with Gasteiger partial charge in [-0.15, -0.1) is 0 Å². The fraction of sp³-hybridized carbons (Fsp3) is 0.192. The summed E-state index contributed by atoms with van der Waals surface area (Å²) in [5.74, 6) is 0. The average Bonchev–Trinajstić information content (AvgIpc) is 3.04. The van der Waals surface area contributed by atoms with Crippen molar-refractivity contribution in [3.05, 3.63) is 113 Å². The third-order valence-electron chi connectivity index (χ3n) is 5.55. The normalized spacial score (nSPS) is 24.6. The minimum atomic E-state index is -0.350. The SMILES string of the molecule is C/C=C\C=C1C(=NC)C(C2=CCCC=C2)(c2ccccc2)c2ccccc21.